The van der Waals surface area contributed by atoms with Crippen LogP contribution in [0.5, 0.6) is 5.75 Å². The second-order valence-corrected chi connectivity index (χ2v) is 6.96. The number of nitrogens with zero attached hydrogens (tertiary/aromatic N) is 2. The smallest absolute Gasteiger partial charge is 0.227 e. The van der Waals surface area contributed by atoms with Crippen molar-refractivity contribution in [3.63, 3.8) is 0 Å². The van der Waals surface area contributed by atoms with E-state index in [0.717, 1.165) is 48.9 Å². The van der Waals surface area contributed by atoms with Crippen LogP contribution in [0.3, 0.4) is 0 Å². The number of nitrogens with one attached hydrogen (secondary N) is 2. The third kappa shape index (κ3) is 5.50. The fourth-order valence-corrected chi connectivity index (χ4v) is 3.52. The molecule has 0 bridgehead atoms. The highest BCUT2D eigenvalue weighted by molar-refractivity contribution is 5.95. The van der Waals surface area contributed by atoms with Crippen molar-refractivity contribution in [2.75, 3.05) is 31.6 Å². The molecule has 0 fully saturated rings. The van der Waals surface area contributed by atoms with Gasteiger partial charge in [0.05, 0.1) is 13.7 Å². The van der Waals surface area contributed by atoms with Crippen LogP contribution in [0.2, 0.25) is 0 Å². The van der Waals surface area contributed by atoms with Crippen molar-refractivity contribution in [3.8, 4) is 5.75 Å². The number of carbonyl (C=O) groups is 1. The van der Waals surface area contributed by atoms with Crippen molar-refractivity contribution in [1.29, 1.82) is 0 Å². The minimum atomic E-state index is 0.188. The number of anilines is 1. The molecule has 1 amide bonds. The van der Waals surface area contributed by atoms with Crippen LogP contribution in [0.25, 0.3) is 0 Å². The van der Waals surface area contributed by atoms with Gasteiger partial charge in [-0.1, -0.05) is 36.4 Å². The zero-order valence-corrected chi connectivity index (χ0v) is 17.3. The lowest BCUT2D eigenvalue weighted by Gasteiger charge is -2.17. The number of fused-ring (bicyclic) bond motifs is 1. The average Bonchev–Trinajstić information content (AvgIpc) is 3.19. The fourth-order valence-electron chi connectivity index (χ4n) is 3.52. The SMILES string of the molecule is CCNC(=NCc1ccccc1OC)NCCCC(=O)N1CCc2ccccc21. The van der Waals surface area contributed by atoms with Gasteiger partial charge in [0.2, 0.25) is 5.91 Å². The van der Waals surface area contributed by atoms with E-state index in [0.29, 0.717) is 19.5 Å². The van der Waals surface area contributed by atoms with Gasteiger partial charge in [0, 0.05) is 37.3 Å². The van der Waals surface area contributed by atoms with Crippen LogP contribution in [-0.2, 0) is 17.8 Å². The van der Waals surface area contributed by atoms with Crippen molar-refractivity contribution in [2.24, 2.45) is 4.99 Å². The maximum Gasteiger partial charge on any atom is 0.227 e. The second-order valence-electron chi connectivity index (χ2n) is 6.96. The molecule has 0 saturated carbocycles. The molecule has 6 heteroatoms. The normalized spacial score (nSPS) is 13.2. The quantitative estimate of drug-likeness (QED) is 0.410. The van der Waals surface area contributed by atoms with Crippen molar-refractivity contribution in [3.05, 3.63) is 59.7 Å². The number of hydrogen-bond acceptors (Lipinski definition) is 3. The summed E-state index contributed by atoms with van der Waals surface area (Å²) in [6.45, 7) is 4.83. The lowest BCUT2D eigenvalue weighted by molar-refractivity contribution is -0.118. The molecule has 0 saturated heterocycles. The Bertz CT molecular complexity index is 850. The van der Waals surface area contributed by atoms with Gasteiger partial charge in [0.15, 0.2) is 5.96 Å². The van der Waals surface area contributed by atoms with Gasteiger partial charge in [0.1, 0.15) is 5.75 Å². The summed E-state index contributed by atoms with van der Waals surface area (Å²) in [5, 5.41) is 6.57. The molecule has 2 aromatic rings. The molecule has 0 aromatic heterocycles. The summed E-state index contributed by atoms with van der Waals surface area (Å²) in [6, 6.07) is 16.0. The standard InChI is InChI=1S/C23H30N4O2/c1-3-24-23(26-17-19-10-5-7-12-21(19)29-2)25-15-8-13-22(28)27-16-14-18-9-4-6-11-20(18)27/h4-7,9-12H,3,8,13-17H2,1-2H3,(H2,24,25,26). The Labute approximate surface area is 173 Å². The molecule has 29 heavy (non-hydrogen) atoms. The molecule has 1 aliphatic rings. The van der Waals surface area contributed by atoms with Crippen molar-refractivity contribution in [1.82, 2.24) is 10.6 Å². The molecule has 1 aliphatic heterocycles. The number of methoxy groups -OCH3 is 1. The average molecular weight is 395 g/mol. The number of ether oxygens (including phenoxy) is 1. The summed E-state index contributed by atoms with van der Waals surface area (Å²) in [5.74, 6) is 1.77. The first-order chi connectivity index (χ1) is 14.2. The zero-order valence-electron chi connectivity index (χ0n) is 17.3. The van der Waals surface area contributed by atoms with Crippen LogP contribution in [0.1, 0.15) is 30.9 Å². The predicted octanol–water partition coefficient (Wildman–Crippen LogP) is 3.12. The Hall–Kier alpha value is -3.02. The van der Waals surface area contributed by atoms with E-state index < -0.39 is 0 Å². The van der Waals surface area contributed by atoms with E-state index in [1.807, 2.05) is 54.3 Å². The molecular weight excluding hydrogens is 364 g/mol. The Morgan fingerprint density at radius 2 is 1.93 bits per heavy atom. The van der Waals surface area contributed by atoms with E-state index in [4.69, 9.17) is 4.74 Å². The van der Waals surface area contributed by atoms with Gasteiger partial charge in [-0.25, -0.2) is 4.99 Å². The van der Waals surface area contributed by atoms with Gasteiger partial charge >= 0.3 is 0 Å². The molecule has 6 nitrogen and oxygen atoms in total. The molecule has 0 radical (unpaired) electrons. The number of carbonyl (C=O) groups excluding carboxylic acids is 1. The third-order valence-corrected chi connectivity index (χ3v) is 4.99. The van der Waals surface area contributed by atoms with Gasteiger partial charge in [0.25, 0.3) is 0 Å². The molecule has 3 rings (SSSR count). The number of guanidine groups is 1. The largest absolute Gasteiger partial charge is 0.496 e. The molecule has 2 N–H and O–H groups in total. The van der Waals surface area contributed by atoms with Crippen LogP contribution in [0.4, 0.5) is 5.69 Å². The number of hydrogen-bond donors (Lipinski definition) is 2. The van der Waals surface area contributed by atoms with Gasteiger partial charge in [-0.3, -0.25) is 4.79 Å². The minimum Gasteiger partial charge on any atom is -0.496 e. The maximum absolute atomic E-state index is 12.6. The maximum atomic E-state index is 12.6. The molecule has 2 aromatic carbocycles. The lowest BCUT2D eigenvalue weighted by atomic mass is 10.2. The Morgan fingerprint density at radius 3 is 2.76 bits per heavy atom. The van der Waals surface area contributed by atoms with Crippen LogP contribution in [0, 0.1) is 0 Å². The molecular formula is C23H30N4O2. The Kier molecular flexibility index (Phi) is 7.50. The molecule has 1 heterocycles. The van der Waals surface area contributed by atoms with E-state index in [2.05, 4.69) is 21.7 Å². The number of rotatable bonds is 8. The zero-order chi connectivity index (χ0) is 20.5. The van der Waals surface area contributed by atoms with Crippen molar-refractivity contribution < 1.29 is 9.53 Å². The Morgan fingerprint density at radius 1 is 1.14 bits per heavy atom. The number of amides is 1. The molecule has 0 spiro atoms. The highest BCUT2D eigenvalue weighted by Gasteiger charge is 2.23. The van der Waals surface area contributed by atoms with Gasteiger partial charge in [-0.2, -0.15) is 0 Å². The predicted molar refractivity (Wildman–Crippen MR) is 118 cm³/mol. The minimum absolute atomic E-state index is 0.188. The van der Waals surface area contributed by atoms with E-state index in [9.17, 15) is 4.79 Å². The fraction of sp³-hybridized carbons (Fsp3) is 0.391. The first kappa shape index (κ1) is 20.7. The van der Waals surface area contributed by atoms with Crippen LogP contribution in [0.15, 0.2) is 53.5 Å². The van der Waals surface area contributed by atoms with Crippen LogP contribution < -0.4 is 20.3 Å². The molecule has 0 unspecified atom stereocenters. The van der Waals surface area contributed by atoms with Gasteiger partial charge < -0.3 is 20.3 Å². The summed E-state index contributed by atoms with van der Waals surface area (Å²) in [6.07, 6.45) is 2.23. The third-order valence-electron chi connectivity index (χ3n) is 4.99. The summed E-state index contributed by atoms with van der Waals surface area (Å²) in [7, 11) is 1.67. The van der Waals surface area contributed by atoms with E-state index in [-0.39, 0.29) is 5.91 Å². The summed E-state index contributed by atoms with van der Waals surface area (Å²) >= 11 is 0. The van der Waals surface area contributed by atoms with Crippen LogP contribution in [-0.4, -0.2) is 38.6 Å². The molecule has 0 atom stereocenters. The highest BCUT2D eigenvalue weighted by Crippen LogP contribution is 2.28. The summed E-state index contributed by atoms with van der Waals surface area (Å²) in [4.78, 5) is 19.1. The Balaban J connectivity index is 1.48. The number of para-hydroxylation sites is 2. The van der Waals surface area contributed by atoms with Gasteiger partial charge in [-0.05, 0) is 37.5 Å². The van der Waals surface area contributed by atoms with E-state index in [1.165, 1.54) is 5.56 Å². The number of benzene rings is 2. The van der Waals surface area contributed by atoms with Crippen LogP contribution >= 0.6 is 0 Å². The second kappa shape index (κ2) is 10.5. The monoisotopic (exact) mass is 394 g/mol. The summed E-state index contributed by atoms with van der Waals surface area (Å²) < 4.78 is 5.38. The van der Waals surface area contributed by atoms with Gasteiger partial charge in [-0.15, -0.1) is 0 Å². The van der Waals surface area contributed by atoms with Crippen molar-refractivity contribution in [2.45, 2.75) is 32.7 Å². The first-order valence-corrected chi connectivity index (χ1v) is 10.2. The molecule has 154 valence electrons. The lowest BCUT2D eigenvalue weighted by Crippen LogP contribution is -2.38. The topological polar surface area (TPSA) is 66.0 Å². The summed E-state index contributed by atoms with van der Waals surface area (Å²) in [5.41, 5.74) is 3.36. The van der Waals surface area contributed by atoms with E-state index in [1.54, 1.807) is 7.11 Å². The van der Waals surface area contributed by atoms with Crippen molar-refractivity contribution >= 4 is 17.6 Å². The number of aliphatic imine (C=N–C) groups is 1. The molecule has 0 aliphatic carbocycles. The highest BCUT2D eigenvalue weighted by atomic mass is 16.5. The van der Waals surface area contributed by atoms with E-state index >= 15 is 0 Å². The first-order valence-electron chi connectivity index (χ1n) is 10.2.